The predicted octanol–water partition coefficient (Wildman–Crippen LogP) is 5.38. The lowest BCUT2D eigenvalue weighted by atomic mass is 9.94. The number of nitrogens with one attached hydrogen (secondary N) is 1. The molecule has 152 valence electrons. The minimum atomic E-state index is 0.0656. The van der Waals surface area contributed by atoms with Crippen molar-refractivity contribution in [1.29, 1.82) is 0 Å². The van der Waals surface area contributed by atoms with Crippen LogP contribution in [0.2, 0.25) is 5.02 Å². The van der Waals surface area contributed by atoms with Gasteiger partial charge >= 0.3 is 0 Å². The standard InChI is InChI=1S/C23H20ClN3O3/c1-25-23-26-12-18-16(13-5-4-6-15(24)9-13)11-17(22(30-3)21(18)27-23)14-7-8-19(28)20(10-14)29-2/h4-12,28H,1-3H3,(H,25,26,27). The molecular weight excluding hydrogens is 402 g/mol. The van der Waals surface area contributed by atoms with Crippen molar-refractivity contribution in [3.8, 4) is 39.5 Å². The number of fused-ring (bicyclic) bond motifs is 1. The monoisotopic (exact) mass is 421 g/mol. The SMILES string of the molecule is CNc1ncc2c(-c3cccc(Cl)c3)cc(-c3ccc(O)c(OC)c3)c(OC)c2n1. The first-order chi connectivity index (χ1) is 14.5. The third-order valence-corrected chi connectivity index (χ3v) is 5.12. The summed E-state index contributed by atoms with van der Waals surface area (Å²) in [5.74, 6) is 1.52. The molecule has 0 fully saturated rings. The number of anilines is 1. The van der Waals surface area contributed by atoms with Gasteiger partial charge in [-0.1, -0.05) is 29.8 Å². The maximum Gasteiger partial charge on any atom is 0.223 e. The average Bonchev–Trinajstić information content (AvgIpc) is 2.77. The third-order valence-electron chi connectivity index (χ3n) is 4.88. The summed E-state index contributed by atoms with van der Waals surface area (Å²) in [7, 11) is 4.89. The van der Waals surface area contributed by atoms with E-state index in [0.717, 1.165) is 27.6 Å². The van der Waals surface area contributed by atoms with Crippen LogP contribution in [0.4, 0.5) is 5.95 Å². The zero-order valence-electron chi connectivity index (χ0n) is 16.7. The van der Waals surface area contributed by atoms with Crippen molar-refractivity contribution in [2.45, 2.75) is 0 Å². The van der Waals surface area contributed by atoms with Gasteiger partial charge < -0.3 is 19.9 Å². The summed E-state index contributed by atoms with van der Waals surface area (Å²) in [5, 5.41) is 14.5. The van der Waals surface area contributed by atoms with E-state index in [1.807, 2.05) is 36.4 Å². The van der Waals surface area contributed by atoms with Crippen LogP contribution in [0.5, 0.6) is 17.2 Å². The molecule has 1 heterocycles. The normalized spacial score (nSPS) is 10.8. The van der Waals surface area contributed by atoms with Crippen molar-refractivity contribution in [2.24, 2.45) is 0 Å². The van der Waals surface area contributed by atoms with Crippen LogP contribution in [-0.2, 0) is 0 Å². The van der Waals surface area contributed by atoms with E-state index in [2.05, 4.69) is 15.3 Å². The molecule has 0 spiro atoms. The van der Waals surface area contributed by atoms with Crippen LogP contribution in [-0.4, -0.2) is 36.3 Å². The second-order valence-electron chi connectivity index (χ2n) is 6.61. The highest BCUT2D eigenvalue weighted by Crippen LogP contribution is 2.43. The zero-order valence-corrected chi connectivity index (χ0v) is 17.5. The highest BCUT2D eigenvalue weighted by Gasteiger charge is 2.19. The molecule has 30 heavy (non-hydrogen) atoms. The number of aromatic hydroxyl groups is 1. The van der Waals surface area contributed by atoms with Gasteiger partial charge in [0.25, 0.3) is 0 Å². The van der Waals surface area contributed by atoms with Gasteiger partial charge in [0.05, 0.1) is 14.2 Å². The summed E-state index contributed by atoms with van der Waals surface area (Å²) in [6.07, 6.45) is 1.77. The van der Waals surface area contributed by atoms with Crippen molar-refractivity contribution < 1.29 is 14.6 Å². The molecule has 0 amide bonds. The lowest BCUT2D eigenvalue weighted by Gasteiger charge is -2.17. The average molecular weight is 422 g/mol. The number of hydrogen-bond donors (Lipinski definition) is 2. The molecule has 0 radical (unpaired) electrons. The Morgan fingerprint density at radius 3 is 2.47 bits per heavy atom. The van der Waals surface area contributed by atoms with E-state index >= 15 is 0 Å². The molecule has 0 aliphatic heterocycles. The lowest BCUT2D eigenvalue weighted by Crippen LogP contribution is -2.00. The third kappa shape index (κ3) is 3.46. The number of phenolic OH excluding ortho intramolecular Hbond substituents is 1. The fraction of sp³-hybridized carbons (Fsp3) is 0.130. The number of halogens is 1. The molecule has 4 rings (SSSR count). The number of nitrogens with zero attached hydrogens (tertiary/aromatic N) is 2. The van der Waals surface area contributed by atoms with Crippen LogP contribution in [0.25, 0.3) is 33.2 Å². The summed E-state index contributed by atoms with van der Waals surface area (Å²) >= 11 is 6.26. The Balaban J connectivity index is 2.09. The summed E-state index contributed by atoms with van der Waals surface area (Å²) in [6, 6.07) is 14.8. The number of benzene rings is 3. The Labute approximate surface area is 179 Å². The Morgan fingerprint density at radius 1 is 0.967 bits per heavy atom. The number of hydrogen-bond acceptors (Lipinski definition) is 6. The molecule has 0 aliphatic rings. The molecule has 3 aromatic carbocycles. The Kier molecular flexibility index (Phi) is 5.33. The fourth-order valence-corrected chi connectivity index (χ4v) is 3.64. The second kappa shape index (κ2) is 8.08. The summed E-state index contributed by atoms with van der Waals surface area (Å²) in [5.41, 5.74) is 4.13. The molecule has 1 aromatic heterocycles. The quantitative estimate of drug-likeness (QED) is 0.450. The number of phenols is 1. The van der Waals surface area contributed by atoms with Crippen LogP contribution >= 0.6 is 11.6 Å². The van der Waals surface area contributed by atoms with E-state index in [1.165, 1.54) is 7.11 Å². The molecular formula is C23H20ClN3O3. The molecule has 0 saturated carbocycles. The van der Waals surface area contributed by atoms with Crippen LogP contribution in [0.1, 0.15) is 0 Å². The number of ether oxygens (including phenoxy) is 2. The van der Waals surface area contributed by atoms with Crippen LogP contribution in [0.3, 0.4) is 0 Å². The van der Waals surface area contributed by atoms with Gasteiger partial charge in [0.1, 0.15) is 5.52 Å². The molecule has 0 unspecified atom stereocenters. The number of methoxy groups -OCH3 is 2. The first kappa shape index (κ1) is 19.8. The minimum Gasteiger partial charge on any atom is -0.504 e. The first-order valence-corrected chi connectivity index (χ1v) is 9.62. The van der Waals surface area contributed by atoms with Gasteiger partial charge in [0, 0.05) is 29.2 Å². The van der Waals surface area contributed by atoms with E-state index in [4.69, 9.17) is 21.1 Å². The molecule has 4 aromatic rings. The highest BCUT2D eigenvalue weighted by atomic mass is 35.5. The van der Waals surface area contributed by atoms with Gasteiger partial charge in [-0.15, -0.1) is 0 Å². The molecule has 0 bridgehead atoms. The molecule has 0 saturated heterocycles. The van der Waals surface area contributed by atoms with Crippen molar-refractivity contribution in [3.63, 3.8) is 0 Å². The van der Waals surface area contributed by atoms with Crippen LogP contribution in [0, 0.1) is 0 Å². The van der Waals surface area contributed by atoms with Gasteiger partial charge in [0.15, 0.2) is 17.2 Å². The van der Waals surface area contributed by atoms with Gasteiger partial charge in [-0.25, -0.2) is 9.97 Å². The summed E-state index contributed by atoms with van der Waals surface area (Å²) in [4.78, 5) is 9.05. The van der Waals surface area contributed by atoms with E-state index in [0.29, 0.717) is 28.0 Å². The van der Waals surface area contributed by atoms with Gasteiger partial charge in [-0.05, 0) is 47.0 Å². The van der Waals surface area contributed by atoms with Gasteiger partial charge in [0.2, 0.25) is 5.95 Å². The lowest BCUT2D eigenvalue weighted by molar-refractivity contribution is 0.373. The zero-order chi connectivity index (χ0) is 21.3. The van der Waals surface area contributed by atoms with Crippen LogP contribution < -0.4 is 14.8 Å². The van der Waals surface area contributed by atoms with Crippen molar-refractivity contribution in [1.82, 2.24) is 9.97 Å². The fourth-order valence-electron chi connectivity index (χ4n) is 3.45. The topological polar surface area (TPSA) is 76.5 Å². The second-order valence-corrected chi connectivity index (χ2v) is 7.04. The Bertz CT molecular complexity index is 1240. The van der Waals surface area contributed by atoms with E-state index in [-0.39, 0.29) is 5.75 Å². The summed E-state index contributed by atoms with van der Waals surface area (Å²) < 4.78 is 11.1. The van der Waals surface area contributed by atoms with Crippen molar-refractivity contribution in [2.75, 3.05) is 26.6 Å². The Morgan fingerprint density at radius 2 is 1.77 bits per heavy atom. The molecule has 0 aliphatic carbocycles. The summed E-state index contributed by atoms with van der Waals surface area (Å²) in [6.45, 7) is 0. The van der Waals surface area contributed by atoms with E-state index in [9.17, 15) is 5.11 Å². The maximum absolute atomic E-state index is 10.0. The minimum absolute atomic E-state index is 0.0656. The molecule has 6 nitrogen and oxygen atoms in total. The van der Waals surface area contributed by atoms with Gasteiger partial charge in [-0.2, -0.15) is 0 Å². The van der Waals surface area contributed by atoms with Crippen molar-refractivity contribution in [3.05, 3.63) is 59.8 Å². The predicted molar refractivity (Wildman–Crippen MR) is 120 cm³/mol. The van der Waals surface area contributed by atoms with Gasteiger partial charge in [-0.3, -0.25) is 0 Å². The van der Waals surface area contributed by atoms with E-state index < -0.39 is 0 Å². The van der Waals surface area contributed by atoms with Crippen molar-refractivity contribution >= 4 is 28.5 Å². The largest absolute Gasteiger partial charge is 0.504 e. The molecule has 0 atom stereocenters. The van der Waals surface area contributed by atoms with E-state index in [1.54, 1.807) is 32.5 Å². The molecule has 7 heteroatoms. The smallest absolute Gasteiger partial charge is 0.223 e. The number of aromatic nitrogens is 2. The highest BCUT2D eigenvalue weighted by molar-refractivity contribution is 6.31. The molecule has 2 N–H and O–H groups in total. The first-order valence-electron chi connectivity index (χ1n) is 9.24. The Hall–Kier alpha value is -3.51. The van der Waals surface area contributed by atoms with Crippen LogP contribution in [0.15, 0.2) is 54.7 Å². The maximum atomic E-state index is 10.0. The number of rotatable bonds is 5.